The fourth-order valence-electron chi connectivity index (χ4n) is 2.86. The predicted octanol–water partition coefficient (Wildman–Crippen LogP) is 3.15. The van der Waals surface area contributed by atoms with Gasteiger partial charge in [0, 0.05) is 11.4 Å². The lowest BCUT2D eigenvalue weighted by atomic mass is 9.67. The van der Waals surface area contributed by atoms with Gasteiger partial charge in [0.05, 0.1) is 0 Å². The Bertz CT molecular complexity index is 724. The number of nitrogens with two attached hydrogens (primary N) is 1. The van der Waals surface area contributed by atoms with E-state index >= 15 is 0 Å². The Balaban J connectivity index is 2.07. The molecular weight excluding hydrogens is 295 g/mol. The minimum absolute atomic E-state index is 0.353. The molecule has 0 heterocycles. The monoisotopic (exact) mass is 312 g/mol. The summed E-state index contributed by atoms with van der Waals surface area (Å²) in [7, 11) is 0. The summed E-state index contributed by atoms with van der Waals surface area (Å²) in [6.45, 7) is 0. The van der Waals surface area contributed by atoms with E-state index in [9.17, 15) is 14.0 Å². The molecule has 2 aromatic rings. The van der Waals surface area contributed by atoms with Crippen LogP contribution in [0.4, 0.5) is 15.8 Å². The minimum Gasteiger partial charge on any atom is -0.369 e. The van der Waals surface area contributed by atoms with E-state index in [4.69, 9.17) is 5.73 Å². The number of rotatable bonds is 4. The smallest absolute Gasteiger partial charge is 0.247 e. The molecule has 1 aliphatic rings. The summed E-state index contributed by atoms with van der Waals surface area (Å²) in [5.41, 5.74) is 5.47. The van der Waals surface area contributed by atoms with E-state index in [1.54, 1.807) is 24.3 Å². The second-order valence-corrected chi connectivity index (χ2v) is 5.75. The number of primary amides is 1. The van der Waals surface area contributed by atoms with Crippen LogP contribution in [0.15, 0.2) is 54.6 Å². The number of amides is 2. The van der Waals surface area contributed by atoms with Crippen LogP contribution >= 0.6 is 0 Å². The van der Waals surface area contributed by atoms with Gasteiger partial charge in [-0.15, -0.1) is 0 Å². The average Bonchev–Trinajstić information content (AvgIpc) is 2.49. The van der Waals surface area contributed by atoms with Crippen molar-refractivity contribution in [2.24, 2.45) is 11.1 Å². The fraction of sp³-hybridized carbons (Fsp3) is 0.222. The number of hydrogen-bond donors (Lipinski definition) is 1. The van der Waals surface area contributed by atoms with Crippen LogP contribution in [0.2, 0.25) is 0 Å². The first-order valence-electron chi connectivity index (χ1n) is 7.50. The highest BCUT2D eigenvalue weighted by Crippen LogP contribution is 2.44. The van der Waals surface area contributed by atoms with Crippen molar-refractivity contribution in [2.75, 3.05) is 4.90 Å². The molecule has 0 saturated heterocycles. The highest BCUT2D eigenvalue weighted by molar-refractivity contribution is 6.15. The molecule has 0 aliphatic heterocycles. The molecule has 0 bridgehead atoms. The number of anilines is 2. The van der Waals surface area contributed by atoms with E-state index in [0.29, 0.717) is 24.2 Å². The molecule has 118 valence electrons. The highest BCUT2D eigenvalue weighted by Gasteiger charge is 2.52. The first kappa shape index (κ1) is 15.2. The lowest BCUT2D eigenvalue weighted by Gasteiger charge is -2.40. The molecule has 2 N–H and O–H groups in total. The Morgan fingerprint density at radius 1 is 0.957 bits per heavy atom. The van der Waals surface area contributed by atoms with Gasteiger partial charge in [-0.25, -0.2) is 4.39 Å². The Kier molecular flexibility index (Phi) is 3.86. The summed E-state index contributed by atoms with van der Waals surface area (Å²) in [4.78, 5) is 26.4. The summed E-state index contributed by atoms with van der Waals surface area (Å²) in [5.74, 6) is -1.34. The quantitative estimate of drug-likeness (QED) is 0.882. The maximum Gasteiger partial charge on any atom is 0.247 e. The number of nitrogens with zero attached hydrogens (tertiary/aromatic N) is 1. The average molecular weight is 312 g/mol. The van der Waals surface area contributed by atoms with Crippen LogP contribution in [0, 0.1) is 11.2 Å². The number of carbonyl (C=O) groups is 2. The Morgan fingerprint density at radius 3 is 2.00 bits per heavy atom. The number of benzene rings is 2. The summed E-state index contributed by atoms with van der Waals surface area (Å²) in [6.07, 6.45) is 1.69. The summed E-state index contributed by atoms with van der Waals surface area (Å²) < 4.78 is 13.2. The van der Waals surface area contributed by atoms with Gasteiger partial charge < -0.3 is 5.73 Å². The van der Waals surface area contributed by atoms with E-state index in [1.807, 2.05) is 6.07 Å². The lowest BCUT2D eigenvalue weighted by molar-refractivity contribution is -0.145. The SMILES string of the molecule is NC(=O)C1(C(=O)N(c2ccccc2)c2ccc(F)cc2)CCC1. The molecule has 0 radical (unpaired) electrons. The highest BCUT2D eigenvalue weighted by atomic mass is 19.1. The van der Waals surface area contributed by atoms with Crippen molar-refractivity contribution in [1.82, 2.24) is 0 Å². The molecule has 0 atom stereocenters. The molecule has 4 nitrogen and oxygen atoms in total. The number of para-hydroxylation sites is 1. The number of carbonyl (C=O) groups excluding carboxylic acids is 2. The molecule has 0 unspecified atom stereocenters. The normalized spacial score (nSPS) is 15.5. The zero-order valence-electron chi connectivity index (χ0n) is 12.5. The molecule has 3 rings (SSSR count). The third-order valence-corrected chi connectivity index (χ3v) is 4.39. The van der Waals surface area contributed by atoms with E-state index in [0.717, 1.165) is 6.42 Å². The Labute approximate surface area is 133 Å². The third kappa shape index (κ3) is 2.59. The molecule has 1 fully saturated rings. The van der Waals surface area contributed by atoms with Crippen LogP contribution < -0.4 is 10.6 Å². The number of halogens is 1. The topological polar surface area (TPSA) is 63.4 Å². The van der Waals surface area contributed by atoms with Gasteiger partial charge in [0.1, 0.15) is 11.2 Å². The van der Waals surface area contributed by atoms with E-state index in [-0.39, 0.29) is 11.7 Å². The van der Waals surface area contributed by atoms with Crippen molar-refractivity contribution in [1.29, 1.82) is 0 Å². The van der Waals surface area contributed by atoms with Gasteiger partial charge >= 0.3 is 0 Å². The summed E-state index contributed by atoms with van der Waals surface area (Å²) in [6, 6.07) is 14.6. The van der Waals surface area contributed by atoms with Gasteiger partial charge in [-0.2, -0.15) is 0 Å². The first-order chi connectivity index (χ1) is 11.0. The molecular formula is C18H17FN2O2. The van der Waals surface area contributed by atoms with Gasteiger partial charge in [0.2, 0.25) is 11.8 Å². The molecule has 5 heteroatoms. The predicted molar refractivity (Wildman–Crippen MR) is 85.5 cm³/mol. The molecule has 0 spiro atoms. The van der Waals surface area contributed by atoms with Gasteiger partial charge in [0.25, 0.3) is 0 Å². The molecule has 2 amide bonds. The Morgan fingerprint density at radius 2 is 1.52 bits per heavy atom. The van der Waals surface area contributed by atoms with Crippen LogP contribution in [0.25, 0.3) is 0 Å². The Hall–Kier alpha value is -2.69. The van der Waals surface area contributed by atoms with Gasteiger partial charge in [0.15, 0.2) is 0 Å². The van der Waals surface area contributed by atoms with E-state index < -0.39 is 11.3 Å². The van der Waals surface area contributed by atoms with Gasteiger partial charge in [-0.1, -0.05) is 24.6 Å². The zero-order chi connectivity index (χ0) is 16.4. The van der Waals surface area contributed by atoms with Crippen molar-refractivity contribution in [2.45, 2.75) is 19.3 Å². The fourth-order valence-corrected chi connectivity index (χ4v) is 2.86. The zero-order valence-corrected chi connectivity index (χ0v) is 12.5. The molecule has 2 aromatic carbocycles. The van der Waals surface area contributed by atoms with Crippen LogP contribution in [-0.2, 0) is 9.59 Å². The van der Waals surface area contributed by atoms with Gasteiger partial charge in [-0.05, 0) is 49.2 Å². The maximum absolute atomic E-state index is 13.2. The molecule has 1 saturated carbocycles. The second kappa shape index (κ2) is 5.83. The van der Waals surface area contributed by atoms with Crippen molar-refractivity contribution in [3.63, 3.8) is 0 Å². The van der Waals surface area contributed by atoms with Crippen molar-refractivity contribution < 1.29 is 14.0 Å². The minimum atomic E-state index is -1.16. The van der Waals surface area contributed by atoms with Gasteiger partial charge in [-0.3, -0.25) is 14.5 Å². The van der Waals surface area contributed by atoms with Crippen molar-refractivity contribution in [3.8, 4) is 0 Å². The first-order valence-corrected chi connectivity index (χ1v) is 7.50. The largest absolute Gasteiger partial charge is 0.369 e. The summed E-state index contributed by atoms with van der Waals surface area (Å²) in [5, 5.41) is 0. The second-order valence-electron chi connectivity index (χ2n) is 5.75. The molecule has 1 aliphatic carbocycles. The molecule has 23 heavy (non-hydrogen) atoms. The standard InChI is InChI=1S/C18H17FN2O2/c19-13-7-9-15(10-8-13)21(14-5-2-1-3-6-14)17(23)18(16(20)22)11-4-12-18/h1-3,5-10H,4,11-12H2,(H2,20,22). The van der Waals surface area contributed by atoms with Crippen LogP contribution in [0.3, 0.4) is 0 Å². The van der Waals surface area contributed by atoms with Crippen LogP contribution in [-0.4, -0.2) is 11.8 Å². The van der Waals surface area contributed by atoms with E-state index in [1.165, 1.54) is 29.2 Å². The van der Waals surface area contributed by atoms with Crippen LogP contribution in [0.1, 0.15) is 19.3 Å². The lowest BCUT2D eigenvalue weighted by Crippen LogP contribution is -2.54. The van der Waals surface area contributed by atoms with Crippen LogP contribution in [0.5, 0.6) is 0 Å². The number of hydrogen-bond acceptors (Lipinski definition) is 2. The summed E-state index contributed by atoms with van der Waals surface area (Å²) >= 11 is 0. The van der Waals surface area contributed by atoms with Crippen molar-refractivity contribution >= 4 is 23.2 Å². The maximum atomic E-state index is 13.2. The van der Waals surface area contributed by atoms with Crippen molar-refractivity contribution in [3.05, 3.63) is 60.4 Å². The third-order valence-electron chi connectivity index (χ3n) is 4.39. The molecule has 0 aromatic heterocycles. The van der Waals surface area contributed by atoms with E-state index in [2.05, 4.69) is 0 Å².